The lowest BCUT2D eigenvalue weighted by atomic mass is 10.2. The summed E-state index contributed by atoms with van der Waals surface area (Å²) in [6.45, 7) is 2.14. The van der Waals surface area contributed by atoms with Crippen LogP contribution < -0.4 is 0 Å². The molecule has 7 heteroatoms. The molecule has 1 aromatic heterocycles. The van der Waals surface area contributed by atoms with E-state index < -0.39 is 7.60 Å². The van der Waals surface area contributed by atoms with E-state index in [0.717, 1.165) is 15.0 Å². The number of benzene rings is 2. The summed E-state index contributed by atoms with van der Waals surface area (Å²) in [4.78, 5) is 0.961. The largest absolute Gasteiger partial charge is 0.336 e. The number of thiophene rings is 1. The fraction of sp³-hybridized carbons (Fsp3) is 0.222. The van der Waals surface area contributed by atoms with Crippen molar-refractivity contribution >= 4 is 52.2 Å². The van der Waals surface area contributed by atoms with Crippen LogP contribution >= 0.6 is 42.1 Å². The van der Waals surface area contributed by atoms with Crippen molar-refractivity contribution in [1.82, 2.24) is 0 Å². The Kier molecular flexibility index (Phi) is 6.21. The first kappa shape index (κ1) is 18.9. The molecule has 0 spiro atoms. The fourth-order valence-corrected chi connectivity index (χ4v) is 6.01. The van der Waals surface area contributed by atoms with Gasteiger partial charge in [0.2, 0.25) is 0 Å². The topological polar surface area (TPSA) is 35.5 Å². The van der Waals surface area contributed by atoms with Gasteiger partial charge in [0.15, 0.2) is 0 Å². The van der Waals surface area contributed by atoms with Crippen LogP contribution in [0.1, 0.15) is 17.4 Å². The van der Waals surface area contributed by atoms with Crippen molar-refractivity contribution in [3.8, 4) is 0 Å². The third-order valence-corrected chi connectivity index (χ3v) is 7.56. The van der Waals surface area contributed by atoms with E-state index in [4.69, 9.17) is 32.2 Å². The van der Waals surface area contributed by atoms with Crippen LogP contribution in [-0.4, -0.2) is 6.61 Å². The predicted octanol–water partition coefficient (Wildman–Crippen LogP) is 7.15. The molecule has 0 radical (unpaired) electrons. The molecule has 1 unspecified atom stereocenters. The van der Waals surface area contributed by atoms with Gasteiger partial charge in [-0.15, -0.1) is 11.3 Å². The highest BCUT2D eigenvalue weighted by molar-refractivity contribution is 7.53. The Bertz CT molecular complexity index is 872. The summed E-state index contributed by atoms with van der Waals surface area (Å²) in [7, 11) is -3.31. The maximum atomic E-state index is 13.1. The van der Waals surface area contributed by atoms with Crippen LogP contribution in [0.3, 0.4) is 0 Å². The summed E-state index contributed by atoms with van der Waals surface area (Å²) in [5.41, 5.74) is 0.613. The van der Waals surface area contributed by atoms with E-state index in [0.29, 0.717) is 22.2 Å². The molecule has 0 saturated heterocycles. The van der Waals surface area contributed by atoms with Gasteiger partial charge in [0.1, 0.15) is 0 Å². The Balaban J connectivity index is 1.79. The highest BCUT2D eigenvalue weighted by atomic mass is 35.5. The second-order valence-electron chi connectivity index (χ2n) is 5.41. The Hall–Kier alpha value is -0.870. The number of hydrogen-bond acceptors (Lipinski definition) is 4. The minimum absolute atomic E-state index is 0.0423. The van der Waals surface area contributed by atoms with Crippen molar-refractivity contribution in [2.45, 2.75) is 19.7 Å². The molecule has 25 heavy (non-hydrogen) atoms. The molecular weight excluding hydrogens is 398 g/mol. The lowest BCUT2D eigenvalue weighted by molar-refractivity contribution is 0.204. The first-order valence-electron chi connectivity index (χ1n) is 7.79. The summed E-state index contributed by atoms with van der Waals surface area (Å²) in [5.74, 6) is 0. The van der Waals surface area contributed by atoms with Gasteiger partial charge in [-0.3, -0.25) is 4.57 Å². The molecule has 132 valence electrons. The molecule has 3 rings (SSSR count). The van der Waals surface area contributed by atoms with Gasteiger partial charge in [0, 0.05) is 25.2 Å². The van der Waals surface area contributed by atoms with Gasteiger partial charge in [-0.1, -0.05) is 47.5 Å². The van der Waals surface area contributed by atoms with E-state index in [9.17, 15) is 4.57 Å². The molecule has 0 aliphatic carbocycles. The van der Waals surface area contributed by atoms with E-state index >= 15 is 0 Å². The quantitative estimate of drug-likeness (QED) is 0.384. The van der Waals surface area contributed by atoms with Crippen molar-refractivity contribution in [3.05, 3.63) is 69.0 Å². The van der Waals surface area contributed by atoms with Gasteiger partial charge in [-0.25, -0.2) is 0 Å². The van der Waals surface area contributed by atoms with Crippen LogP contribution in [0.4, 0.5) is 0 Å². The molecule has 0 fully saturated rings. The standard InChI is InChI=1S/C18H17Cl2O3PS/c1-2-22-24(21,23-11-15-16(19)7-5-8-17(15)20)12-14-10-13-6-3-4-9-18(13)25-14/h3-10H,2,11-12H2,1H3. The van der Waals surface area contributed by atoms with Crippen LogP contribution in [0, 0.1) is 0 Å². The van der Waals surface area contributed by atoms with Crippen LogP contribution in [0.5, 0.6) is 0 Å². The van der Waals surface area contributed by atoms with Gasteiger partial charge in [0.05, 0.1) is 19.4 Å². The van der Waals surface area contributed by atoms with E-state index in [-0.39, 0.29) is 12.8 Å². The number of halogens is 2. The Morgan fingerprint density at radius 2 is 1.76 bits per heavy atom. The molecule has 0 bridgehead atoms. The van der Waals surface area contributed by atoms with Crippen LogP contribution in [-0.2, 0) is 26.4 Å². The molecule has 3 nitrogen and oxygen atoms in total. The zero-order valence-corrected chi connectivity index (χ0v) is 16.8. The zero-order chi connectivity index (χ0) is 17.9. The minimum Gasteiger partial charge on any atom is -0.309 e. The summed E-state index contributed by atoms with van der Waals surface area (Å²) >= 11 is 13.9. The summed E-state index contributed by atoms with van der Waals surface area (Å²) in [6, 6.07) is 15.3. The third kappa shape index (κ3) is 4.65. The van der Waals surface area contributed by atoms with Gasteiger partial charge >= 0.3 is 7.60 Å². The average molecular weight is 415 g/mol. The van der Waals surface area contributed by atoms with E-state index in [2.05, 4.69) is 0 Å². The van der Waals surface area contributed by atoms with E-state index in [1.165, 1.54) is 0 Å². The molecular formula is C18H17Cl2O3PS. The SMILES string of the molecule is CCOP(=O)(Cc1cc2ccccc2s1)OCc1c(Cl)cccc1Cl. The number of hydrogen-bond donors (Lipinski definition) is 0. The molecule has 0 saturated carbocycles. The smallest absolute Gasteiger partial charge is 0.309 e. The summed E-state index contributed by atoms with van der Waals surface area (Å²) in [5, 5.41) is 2.09. The average Bonchev–Trinajstić information content (AvgIpc) is 2.96. The highest BCUT2D eigenvalue weighted by Crippen LogP contribution is 2.53. The molecule has 1 atom stereocenters. The monoisotopic (exact) mass is 414 g/mol. The third-order valence-electron chi connectivity index (χ3n) is 3.62. The maximum Gasteiger partial charge on any atom is 0.336 e. The number of fused-ring (bicyclic) bond motifs is 1. The second kappa shape index (κ2) is 8.22. The normalized spacial score (nSPS) is 13.9. The van der Waals surface area contributed by atoms with Crippen LogP contribution in [0.25, 0.3) is 10.1 Å². The molecule has 0 N–H and O–H groups in total. The maximum absolute atomic E-state index is 13.1. The predicted molar refractivity (Wildman–Crippen MR) is 106 cm³/mol. The highest BCUT2D eigenvalue weighted by Gasteiger charge is 2.26. The molecule has 3 aromatic rings. The molecule has 0 amide bonds. The second-order valence-corrected chi connectivity index (χ2v) is 9.45. The molecule has 0 aliphatic heterocycles. The van der Waals surface area contributed by atoms with Crippen LogP contribution in [0.2, 0.25) is 10.0 Å². The van der Waals surface area contributed by atoms with Crippen LogP contribution in [0.15, 0.2) is 48.5 Å². The summed E-state index contributed by atoms with van der Waals surface area (Å²) < 4.78 is 25.5. The van der Waals surface area contributed by atoms with Crippen molar-refractivity contribution in [3.63, 3.8) is 0 Å². The van der Waals surface area contributed by atoms with E-state index in [1.54, 1.807) is 36.5 Å². The first-order valence-corrected chi connectivity index (χ1v) is 11.1. The zero-order valence-electron chi connectivity index (χ0n) is 13.6. The molecule has 2 aromatic carbocycles. The van der Waals surface area contributed by atoms with Gasteiger partial charge in [-0.05, 0) is 36.6 Å². The molecule has 1 heterocycles. The molecule has 0 aliphatic rings. The lowest BCUT2D eigenvalue weighted by Gasteiger charge is -2.18. The minimum atomic E-state index is -3.31. The number of rotatable bonds is 7. The van der Waals surface area contributed by atoms with Crippen molar-refractivity contribution in [2.24, 2.45) is 0 Å². The van der Waals surface area contributed by atoms with Crippen molar-refractivity contribution in [1.29, 1.82) is 0 Å². The van der Waals surface area contributed by atoms with Gasteiger partial charge < -0.3 is 9.05 Å². The summed E-state index contributed by atoms with van der Waals surface area (Å²) in [6.07, 6.45) is 0.224. The van der Waals surface area contributed by atoms with Crippen molar-refractivity contribution in [2.75, 3.05) is 6.61 Å². The Morgan fingerprint density at radius 1 is 1.04 bits per heavy atom. The lowest BCUT2D eigenvalue weighted by Crippen LogP contribution is -2.00. The fourth-order valence-electron chi connectivity index (χ4n) is 2.46. The first-order chi connectivity index (χ1) is 12.0. The van der Waals surface area contributed by atoms with Crippen molar-refractivity contribution < 1.29 is 13.6 Å². The Morgan fingerprint density at radius 3 is 2.44 bits per heavy atom. The van der Waals surface area contributed by atoms with E-state index in [1.807, 2.05) is 30.3 Å². The van der Waals surface area contributed by atoms with Gasteiger partial charge in [-0.2, -0.15) is 0 Å². The Labute approximate surface area is 161 Å². The van der Waals surface area contributed by atoms with Gasteiger partial charge in [0.25, 0.3) is 0 Å².